The zero-order valence-electron chi connectivity index (χ0n) is 13.4. The van der Waals surface area contributed by atoms with Crippen LogP contribution in [0.2, 0.25) is 0 Å². The van der Waals surface area contributed by atoms with Crippen molar-refractivity contribution in [3.05, 3.63) is 24.3 Å². The fourth-order valence-electron chi connectivity index (χ4n) is 1.94. The maximum Gasteiger partial charge on any atom is 0.219 e. The number of hydrogen-bond acceptors (Lipinski definition) is 3. The van der Waals surface area contributed by atoms with Crippen molar-refractivity contribution in [3.63, 3.8) is 0 Å². The molecule has 114 valence electrons. The van der Waals surface area contributed by atoms with E-state index < -0.39 is 0 Å². The Balaban J connectivity index is 0.000000829. The molecular weight excluding hydrogens is 252 g/mol. The van der Waals surface area contributed by atoms with Crippen LogP contribution in [0.15, 0.2) is 24.3 Å². The molecule has 1 fully saturated rings. The standard InChI is InChI=1S/C12H16N2O2.2C2H6/c1-10(15)13-6-8-14(9-7-13)11-2-4-12(16)5-3-11;2*1-2/h2-5,16H,6-9H2,1H3;2*1-2H3. The molecule has 0 spiro atoms. The summed E-state index contributed by atoms with van der Waals surface area (Å²) in [5.74, 6) is 0.427. The number of piperazine rings is 1. The van der Waals surface area contributed by atoms with Crippen molar-refractivity contribution in [1.82, 2.24) is 4.90 Å². The summed E-state index contributed by atoms with van der Waals surface area (Å²) in [6.45, 7) is 12.9. The Kier molecular flexibility index (Phi) is 9.26. The van der Waals surface area contributed by atoms with Crippen LogP contribution in [0.4, 0.5) is 5.69 Å². The number of carbonyl (C=O) groups excluding carboxylic acids is 1. The molecule has 1 aromatic rings. The molecule has 1 aliphatic heterocycles. The maximum atomic E-state index is 11.2. The van der Waals surface area contributed by atoms with Gasteiger partial charge in [-0.2, -0.15) is 0 Å². The van der Waals surface area contributed by atoms with E-state index in [4.69, 9.17) is 0 Å². The van der Waals surface area contributed by atoms with Gasteiger partial charge in [0.2, 0.25) is 5.91 Å². The summed E-state index contributed by atoms with van der Waals surface area (Å²) in [4.78, 5) is 15.2. The fourth-order valence-corrected chi connectivity index (χ4v) is 1.94. The highest BCUT2D eigenvalue weighted by Gasteiger charge is 2.18. The first-order chi connectivity index (χ1) is 9.66. The first-order valence-electron chi connectivity index (χ1n) is 7.46. The van der Waals surface area contributed by atoms with Gasteiger partial charge in [0.15, 0.2) is 0 Å². The van der Waals surface area contributed by atoms with E-state index in [0.717, 1.165) is 31.9 Å². The fraction of sp³-hybridized carbons (Fsp3) is 0.562. The lowest BCUT2D eigenvalue weighted by Crippen LogP contribution is -2.48. The number of phenolic OH excluding ortho intramolecular Hbond substituents is 1. The number of nitrogens with zero attached hydrogens (tertiary/aromatic N) is 2. The van der Waals surface area contributed by atoms with Crippen LogP contribution in [0.1, 0.15) is 34.6 Å². The molecule has 0 aromatic heterocycles. The van der Waals surface area contributed by atoms with Crippen LogP contribution in [-0.2, 0) is 4.79 Å². The summed E-state index contributed by atoms with van der Waals surface area (Å²) in [5.41, 5.74) is 1.10. The van der Waals surface area contributed by atoms with Crippen molar-refractivity contribution in [2.45, 2.75) is 34.6 Å². The van der Waals surface area contributed by atoms with Gasteiger partial charge in [-0.1, -0.05) is 27.7 Å². The molecule has 4 nitrogen and oxygen atoms in total. The van der Waals surface area contributed by atoms with Crippen LogP contribution < -0.4 is 4.90 Å². The molecule has 2 rings (SSSR count). The van der Waals surface area contributed by atoms with Crippen molar-refractivity contribution in [1.29, 1.82) is 0 Å². The van der Waals surface area contributed by atoms with Gasteiger partial charge in [-0.25, -0.2) is 0 Å². The van der Waals surface area contributed by atoms with Gasteiger partial charge in [0.1, 0.15) is 5.75 Å². The number of carbonyl (C=O) groups is 1. The van der Waals surface area contributed by atoms with E-state index in [1.165, 1.54) is 0 Å². The summed E-state index contributed by atoms with van der Waals surface area (Å²) in [7, 11) is 0. The Morgan fingerprint density at radius 1 is 0.950 bits per heavy atom. The third kappa shape index (κ3) is 5.51. The SMILES string of the molecule is CC.CC.CC(=O)N1CCN(c2ccc(O)cc2)CC1. The molecule has 0 radical (unpaired) electrons. The highest BCUT2D eigenvalue weighted by atomic mass is 16.3. The molecule has 0 aliphatic carbocycles. The first kappa shape index (κ1) is 18.3. The lowest BCUT2D eigenvalue weighted by atomic mass is 10.2. The molecule has 4 heteroatoms. The van der Waals surface area contributed by atoms with Gasteiger partial charge < -0.3 is 14.9 Å². The van der Waals surface area contributed by atoms with Crippen LogP contribution in [0.5, 0.6) is 5.75 Å². The van der Waals surface area contributed by atoms with Crippen molar-refractivity contribution < 1.29 is 9.90 Å². The third-order valence-corrected chi connectivity index (χ3v) is 2.94. The van der Waals surface area contributed by atoms with Gasteiger partial charge in [-0.05, 0) is 24.3 Å². The highest BCUT2D eigenvalue weighted by Crippen LogP contribution is 2.19. The van der Waals surface area contributed by atoms with Crippen molar-refractivity contribution in [2.75, 3.05) is 31.1 Å². The lowest BCUT2D eigenvalue weighted by molar-refractivity contribution is -0.129. The minimum absolute atomic E-state index is 0.144. The molecular formula is C16H28N2O2. The Morgan fingerprint density at radius 2 is 1.40 bits per heavy atom. The van der Waals surface area contributed by atoms with Gasteiger partial charge in [0, 0.05) is 38.8 Å². The van der Waals surface area contributed by atoms with Gasteiger partial charge in [-0.15, -0.1) is 0 Å². The van der Waals surface area contributed by atoms with Gasteiger partial charge in [0.25, 0.3) is 0 Å². The quantitative estimate of drug-likeness (QED) is 0.859. The predicted molar refractivity (Wildman–Crippen MR) is 85.3 cm³/mol. The van der Waals surface area contributed by atoms with E-state index in [0.29, 0.717) is 0 Å². The molecule has 1 N–H and O–H groups in total. The second kappa shape index (κ2) is 10.1. The number of hydrogen-bond donors (Lipinski definition) is 1. The highest BCUT2D eigenvalue weighted by molar-refractivity contribution is 5.73. The Hall–Kier alpha value is -1.71. The smallest absolute Gasteiger partial charge is 0.219 e. The van der Waals surface area contributed by atoms with Crippen LogP contribution >= 0.6 is 0 Å². The van der Waals surface area contributed by atoms with Crippen LogP contribution in [0, 0.1) is 0 Å². The monoisotopic (exact) mass is 280 g/mol. The molecule has 0 bridgehead atoms. The summed E-state index contributed by atoms with van der Waals surface area (Å²) >= 11 is 0. The Morgan fingerprint density at radius 3 is 1.80 bits per heavy atom. The van der Waals surface area contributed by atoms with E-state index in [1.54, 1.807) is 19.1 Å². The zero-order valence-corrected chi connectivity index (χ0v) is 13.4. The van der Waals surface area contributed by atoms with Gasteiger partial charge >= 0.3 is 0 Å². The Labute approximate surface area is 123 Å². The molecule has 1 heterocycles. The lowest BCUT2D eigenvalue weighted by Gasteiger charge is -2.35. The van der Waals surface area contributed by atoms with Gasteiger partial charge in [-0.3, -0.25) is 4.79 Å². The number of phenols is 1. The molecule has 0 unspecified atom stereocenters. The number of anilines is 1. The van der Waals surface area contributed by atoms with E-state index in [-0.39, 0.29) is 11.7 Å². The molecule has 1 amide bonds. The molecule has 1 aliphatic rings. The molecule has 0 atom stereocenters. The minimum atomic E-state index is 0.144. The average molecular weight is 280 g/mol. The van der Waals surface area contributed by atoms with E-state index >= 15 is 0 Å². The number of aromatic hydroxyl groups is 1. The maximum absolute atomic E-state index is 11.2. The van der Waals surface area contributed by atoms with Crippen LogP contribution in [0.3, 0.4) is 0 Å². The molecule has 1 aromatic carbocycles. The first-order valence-corrected chi connectivity index (χ1v) is 7.46. The van der Waals surface area contributed by atoms with Crippen LogP contribution in [0.25, 0.3) is 0 Å². The minimum Gasteiger partial charge on any atom is -0.508 e. The number of amides is 1. The topological polar surface area (TPSA) is 43.8 Å². The van der Waals surface area contributed by atoms with Crippen molar-refractivity contribution >= 4 is 11.6 Å². The number of rotatable bonds is 1. The Bertz CT molecular complexity index is 369. The zero-order chi connectivity index (χ0) is 15.5. The summed E-state index contributed by atoms with van der Waals surface area (Å²) in [5, 5.41) is 9.20. The van der Waals surface area contributed by atoms with Gasteiger partial charge in [0.05, 0.1) is 0 Å². The predicted octanol–water partition coefficient (Wildman–Crippen LogP) is 3.11. The van der Waals surface area contributed by atoms with E-state index in [9.17, 15) is 9.90 Å². The second-order valence-corrected chi connectivity index (χ2v) is 4.01. The van der Waals surface area contributed by atoms with E-state index in [1.807, 2.05) is 44.7 Å². The van der Waals surface area contributed by atoms with Crippen molar-refractivity contribution in [3.8, 4) is 5.75 Å². The molecule has 20 heavy (non-hydrogen) atoms. The number of benzene rings is 1. The average Bonchev–Trinajstić information content (AvgIpc) is 2.52. The summed E-state index contributed by atoms with van der Waals surface area (Å²) in [6, 6.07) is 7.18. The summed E-state index contributed by atoms with van der Waals surface area (Å²) in [6.07, 6.45) is 0. The largest absolute Gasteiger partial charge is 0.508 e. The third-order valence-electron chi connectivity index (χ3n) is 2.94. The molecule has 1 saturated heterocycles. The summed E-state index contributed by atoms with van der Waals surface area (Å²) < 4.78 is 0. The van der Waals surface area contributed by atoms with E-state index in [2.05, 4.69) is 4.90 Å². The molecule has 0 saturated carbocycles. The normalized spacial score (nSPS) is 13.7. The van der Waals surface area contributed by atoms with Crippen LogP contribution in [-0.4, -0.2) is 42.1 Å². The second-order valence-electron chi connectivity index (χ2n) is 4.01. The van der Waals surface area contributed by atoms with Crippen molar-refractivity contribution in [2.24, 2.45) is 0 Å².